The number of thiocarbonyl (C=S) groups is 1. The zero-order valence-electron chi connectivity index (χ0n) is 5.29. The summed E-state index contributed by atoms with van der Waals surface area (Å²) in [6.45, 7) is 0.323. The monoisotopic (exact) mass is 147 g/mol. The highest BCUT2D eigenvalue weighted by Gasteiger charge is 1.92. The molecule has 0 saturated heterocycles. The molecule has 3 nitrogen and oxygen atoms in total. The molecule has 0 saturated carbocycles. The quantitative estimate of drug-likeness (QED) is 0.343. The van der Waals surface area contributed by atoms with Crippen LogP contribution in [0.15, 0.2) is 5.18 Å². The van der Waals surface area contributed by atoms with E-state index in [4.69, 9.17) is 12.2 Å². The summed E-state index contributed by atoms with van der Waals surface area (Å²) in [5, 5.41) is 3.22. The number of methoxy groups -OCH3 is 1. The van der Waals surface area contributed by atoms with Gasteiger partial charge in [0.2, 0.25) is 0 Å². The van der Waals surface area contributed by atoms with Crippen LogP contribution in [0.4, 0.5) is 0 Å². The van der Waals surface area contributed by atoms with E-state index in [1.165, 1.54) is 7.11 Å². The molecule has 0 radical (unpaired) electrons. The van der Waals surface area contributed by atoms with Crippen molar-refractivity contribution in [3.8, 4) is 0 Å². The van der Waals surface area contributed by atoms with E-state index in [0.717, 1.165) is 0 Å². The predicted octanol–water partition coefficient (Wildman–Crippen LogP) is 1.51. The molecule has 0 atom stereocenters. The van der Waals surface area contributed by atoms with E-state index in [1.807, 2.05) is 0 Å². The van der Waals surface area contributed by atoms with Crippen molar-refractivity contribution in [3.63, 3.8) is 0 Å². The topological polar surface area (TPSA) is 38.7 Å². The molecule has 0 spiro atoms. The van der Waals surface area contributed by atoms with Crippen molar-refractivity contribution in [2.75, 3.05) is 13.7 Å². The third-order valence-corrected chi connectivity index (χ3v) is 1.23. The summed E-state index contributed by atoms with van der Waals surface area (Å²) in [5.74, 6) is 0. The van der Waals surface area contributed by atoms with Crippen LogP contribution in [-0.4, -0.2) is 18.7 Å². The summed E-state index contributed by atoms with van der Waals surface area (Å²) in [6, 6.07) is 0. The summed E-state index contributed by atoms with van der Waals surface area (Å²) in [7, 11) is 1.52. The average molecular weight is 147 g/mol. The molecule has 4 heteroatoms. The van der Waals surface area contributed by atoms with Crippen LogP contribution in [0, 0.1) is 4.91 Å². The molecule has 9 heavy (non-hydrogen) atoms. The minimum absolute atomic E-state index is 0.323. The fraction of sp³-hybridized carbons (Fsp3) is 0.800. The predicted molar refractivity (Wildman–Crippen MR) is 39.5 cm³/mol. The number of ether oxygens (including phenoxy) is 1. The summed E-state index contributed by atoms with van der Waals surface area (Å²) >= 11 is 4.70. The average Bonchev–Trinajstić information content (AvgIpc) is 1.89. The molecule has 0 aromatic rings. The van der Waals surface area contributed by atoms with Gasteiger partial charge >= 0.3 is 0 Å². The van der Waals surface area contributed by atoms with Crippen LogP contribution in [0.3, 0.4) is 0 Å². The van der Waals surface area contributed by atoms with Gasteiger partial charge in [0.25, 0.3) is 0 Å². The van der Waals surface area contributed by atoms with Gasteiger partial charge in [-0.1, -0.05) is 5.18 Å². The highest BCUT2D eigenvalue weighted by Crippen LogP contribution is 1.93. The van der Waals surface area contributed by atoms with Crippen molar-refractivity contribution >= 4 is 17.3 Å². The molecular weight excluding hydrogens is 138 g/mol. The Hall–Kier alpha value is -0.510. The van der Waals surface area contributed by atoms with E-state index in [0.29, 0.717) is 24.4 Å². The second-order valence-electron chi connectivity index (χ2n) is 1.53. The maximum absolute atomic E-state index is 9.54. The molecule has 52 valence electrons. The molecule has 0 rings (SSSR count). The zero-order valence-corrected chi connectivity index (χ0v) is 6.11. The van der Waals surface area contributed by atoms with Gasteiger partial charge in [0, 0.05) is 6.42 Å². The number of hydrogen-bond acceptors (Lipinski definition) is 4. The second kappa shape index (κ2) is 5.62. The molecule has 0 unspecified atom stereocenters. The zero-order chi connectivity index (χ0) is 7.11. The Kier molecular flexibility index (Phi) is 5.30. The smallest absolute Gasteiger partial charge is 0.159 e. The highest BCUT2D eigenvalue weighted by molar-refractivity contribution is 7.80. The van der Waals surface area contributed by atoms with Crippen LogP contribution < -0.4 is 0 Å². The SMILES string of the molecule is COC(=S)CCCN=O. The van der Waals surface area contributed by atoms with E-state index in [-0.39, 0.29) is 0 Å². The minimum Gasteiger partial charge on any atom is -0.490 e. The molecular formula is C5H9NO2S. The Labute approximate surface area is 59.4 Å². The molecule has 0 aliphatic carbocycles. The fourth-order valence-corrected chi connectivity index (χ4v) is 0.534. The third kappa shape index (κ3) is 5.36. The summed E-state index contributed by atoms with van der Waals surface area (Å²) in [5.41, 5.74) is 0. The molecule has 0 N–H and O–H groups in total. The standard InChI is InChI=1S/C5H9NO2S/c1-8-5(9)3-2-4-6-7/h2-4H2,1H3. The largest absolute Gasteiger partial charge is 0.490 e. The number of nitroso groups, excluding NO2 is 1. The molecule has 0 bridgehead atoms. The van der Waals surface area contributed by atoms with Crippen molar-refractivity contribution in [1.29, 1.82) is 0 Å². The maximum atomic E-state index is 9.54. The van der Waals surface area contributed by atoms with Crippen LogP contribution >= 0.6 is 12.2 Å². The lowest BCUT2D eigenvalue weighted by atomic mass is 10.3. The lowest BCUT2D eigenvalue weighted by Crippen LogP contribution is -1.97. The molecule has 0 aromatic carbocycles. The molecule has 0 heterocycles. The first kappa shape index (κ1) is 8.49. The van der Waals surface area contributed by atoms with Crippen LogP contribution in [0.25, 0.3) is 0 Å². The van der Waals surface area contributed by atoms with Crippen molar-refractivity contribution in [3.05, 3.63) is 4.91 Å². The second-order valence-corrected chi connectivity index (χ2v) is 1.99. The van der Waals surface area contributed by atoms with Crippen LogP contribution in [0.2, 0.25) is 0 Å². The number of nitrogens with zero attached hydrogens (tertiary/aromatic N) is 1. The van der Waals surface area contributed by atoms with Gasteiger partial charge < -0.3 is 4.74 Å². The molecule has 0 aliphatic rings. The third-order valence-electron chi connectivity index (χ3n) is 0.858. The first-order valence-corrected chi connectivity index (χ1v) is 3.08. The van der Waals surface area contributed by atoms with Gasteiger partial charge in [0.05, 0.1) is 13.7 Å². The van der Waals surface area contributed by atoms with Crippen LogP contribution in [0.1, 0.15) is 12.8 Å². The van der Waals surface area contributed by atoms with Gasteiger partial charge in [-0.15, -0.1) is 0 Å². The van der Waals surface area contributed by atoms with Crippen molar-refractivity contribution < 1.29 is 4.74 Å². The Morgan fingerprint density at radius 2 is 2.44 bits per heavy atom. The minimum atomic E-state index is 0.323. The Bertz CT molecular complexity index is 105. The van der Waals surface area contributed by atoms with Crippen LogP contribution in [0.5, 0.6) is 0 Å². The summed E-state index contributed by atoms with van der Waals surface area (Å²) in [6.07, 6.45) is 1.34. The Morgan fingerprint density at radius 3 is 2.89 bits per heavy atom. The normalized spacial score (nSPS) is 8.56. The van der Waals surface area contributed by atoms with Gasteiger partial charge in [-0.3, -0.25) is 0 Å². The van der Waals surface area contributed by atoms with E-state index in [1.54, 1.807) is 0 Å². The molecule has 0 fully saturated rings. The van der Waals surface area contributed by atoms with E-state index >= 15 is 0 Å². The highest BCUT2D eigenvalue weighted by atomic mass is 32.1. The van der Waals surface area contributed by atoms with Gasteiger partial charge in [-0.2, -0.15) is 4.91 Å². The molecule has 0 amide bonds. The Morgan fingerprint density at radius 1 is 1.78 bits per heavy atom. The van der Waals surface area contributed by atoms with Gasteiger partial charge in [-0.25, -0.2) is 0 Å². The fourth-order valence-electron chi connectivity index (χ4n) is 0.390. The number of hydrogen-bond donors (Lipinski definition) is 0. The number of rotatable bonds is 4. The van der Waals surface area contributed by atoms with Gasteiger partial charge in [0.1, 0.15) is 0 Å². The van der Waals surface area contributed by atoms with Crippen LogP contribution in [-0.2, 0) is 4.74 Å². The van der Waals surface area contributed by atoms with Crippen molar-refractivity contribution in [1.82, 2.24) is 0 Å². The van der Waals surface area contributed by atoms with Gasteiger partial charge in [0.15, 0.2) is 5.05 Å². The first-order valence-electron chi connectivity index (χ1n) is 2.67. The lowest BCUT2D eigenvalue weighted by Gasteiger charge is -1.96. The summed E-state index contributed by atoms with van der Waals surface area (Å²) < 4.78 is 4.68. The molecule has 0 aliphatic heterocycles. The van der Waals surface area contributed by atoms with E-state index < -0.39 is 0 Å². The summed E-state index contributed by atoms with van der Waals surface area (Å²) in [4.78, 5) is 9.54. The van der Waals surface area contributed by atoms with Crippen molar-refractivity contribution in [2.24, 2.45) is 5.18 Å². The maximum Gasteiger partial charge on any atom is 0.159 e. The first-order chi connectivity index (χ1) is 4.31. The van der Waals surface area contributed by atoms with E-state index in [2.05, 4.69) is 9.91 Å². The Balaban J connectivity index is 3.06. The van der Waals surface area contributed by atoms with E-state index in [9.17, 15) is 4.91 Å². The van der Waals surface area contributed by atoms with Gasteiger partial charge in [-0.05, 0) is 18.6 Å². The molecule has 0 aromatic heterocycles. The lowest BCUT2D eigenvalue weighted by molar-refractivity contribution is 0.401. The van der Waals surface area contributed by atoms with Crippen molar-refractivity contribution in [2.45, 2.75) is 12.8 Å².